The first-order valence-electron chi connectivity index (χ1n) is 5.78. The van der Waals surface area contributed by atoms with E-state index in [1.165, 1.54) is 30.3 Å². The van der Waals surface area contributed by atoms with Crippen molar-refractivity contribution in [1.29, 1.82) is 0 Å². The van der Waals surface area contributed by atoms with Crippen molar-refractivity contribution in [3.63, 3.8) is 0 Å². The lowest BCUT2D eigenvalue weighted by Gasteiger charge is -2.10. The molecule has 0 unspecified atom stereocenters. The van der Waals surface area contributed by atoms with Crippen LogP contribution in [0, 0.1) is 5.82 Å². The minimum Gasteiger partial charge on any atom is -0.398 e. The smallest absolute Gasteiger partial charge is 0.242 e. The molecule has 2 rings (SSSR count). The van der Waals surface area contributed by atoms with Crippen LogP contribution in [-0.4, -0.2) is 8.42 Å². The van der Waals surface area contributed by atoms with Crippen molar-refractivity contribution in [2.45, 2.75) is 11.4 Å². The van der Waals surface area contributed by atoms with Crippen LogP contribution in [0.3, 0.4) is 0 Å². The zero-order valence-corrected chi connectivity index (χ0v) is 13.8. The molecule has 2 aromatic carbocycles. The molecule has 0 aliphatic heterocycles. The predicted octanol–water partition coefficient (Wildman–Crippen LogP) is 3.30. The summed E-state index contributed by atoms with van der Waals surface area (Å²) in [5, 5.41) is -0.0603. The first kappa shape index (κ1) is 16.2. The van der Waals surface area contributed by atoms with Gasteiger partial charge < -0.3 is 5.73 Å². The van der Waals surface area contributed by atoms with Gasteiger partial charge in [0.1, 0.15) is 10.7 Å². The molecule has 0 aromatic heterocycles. The summed E-state index contributed by atoms with van der Waals surface area (Å²) in [6.45, 7) is -0.0160. The minimum atomic E-state index is -3.76. The fourth-order valence-electron chi connectivity index (χ4n) is 1.67. The van der Waals surface area contributed by atoms with Gasteiger partial charge in [0.05, 0.1) is 10.7 Å². The number of nitrogen functional groups attached to an aromatic ring is 1. The Kier molecular flexibility index (Phi) is 4.88. The van der Waals surface area contributed by atoms with Crippen molar-refractivity contribution in [3.05, 3.63) is 57.3 Å². The summed E-state index contributed by atoms with van der Waals surface area (Å²) < 4.78 is 40.5. The van der Waals surface area contributed by atoms with Crippen molar-refractivity contribution < 1.29 is 12.8 Å². The Balaban J connectivity index is 2.19. The number of halogens is 3. The highest BCUT2D eigenvalue weighted by molar-refractivity contribution is 9.10. The van der Waals surface area contributed by atoms with Crippen molar-refractivity contribution in [2.24, 2.45) is 0 Å². The Labute approximate surface area is 135 Å². The van der Waals surface area contributed by atoms with Gasteiger partial charge in [0.15, 0.2) is 0 Å². The van der Waals surface area contributed by atoms with Gasteiger partial charge in [0.25, 0.3) is 0 Å². The molecule has 0 saturated heterocycles. The van der Waals surface area contributed by atoms with Gasteiger partial charge in [-0.05, 0) is 35.9 Å². The molecule has 3 N–H and O–H groups in total. The van der Waals surface area contributed by atoms with Gasteiger partial charge in [-0.3, -0.25) is 0 Å². The van der Waals surface area contributed by atoms with Crippen LogP contribution in [-0.2, 0) is 16.6 Å². The number of nitrogens with two attached hydrogens (primary N) is 1. The quantitative estimate of drug-likeness (QED) is 0.783. The van der Waals surface area contributed by atoms with Crippen LogP contribution in [0.15, 0.2) is 45.8 Å². The van der Waals surface area contributed by atoms with E-state index in [1.54, 1.807) is 6.07 Å². The maximum absolute atomic E-state index is 13.0. The molecule has 4 nitrogen and oxygen atoms in total. The number of sulfonamides is 1. The molecule has 0 atom stereocenters. The number of hydrogen-bond donors (Lipinski definition) is 2. The Morgan fingerprint density at radius 2 is 1.95 bits per heavy atom. The maximum atomic E-state index is 13.0. The Bertz CT molecular complexity index is 784. The van der Waals surface area contributed by atoms with Crippen LogP contribution in [0.5, 0.6) is 0 Å². The summed E-state index contributed by atoms with van der Waals surface area (Å²) in [7, 11) is -3.76. The van der Waals surface area contributed by atoms with E-state index in [-0.39, 0.29) is 22.2 Å². The predicted molar refractivity (Wildman–Crippen MR) is 84.0 cm³/mol. The van der Waals surface area contributed by atoms with Gasteiger partial charge in [0.2, 0.25) is 10.0 Å². The summed E-state index contributed by atoms with van der Waals surface area (Å²) in [6, 6.07) is 8.49. The monoisotopic (exact) mass is 392 g/mol. The molecule has 0 saturated carbocycles. The molecule has 0 amide bonds. The van der Waals surface area contributed by atoms with Crippen LogP contribution in [0.25, 0.3) is 0 Å². The molecule has 21 heavy (non-hydrogen) atoms. The van der Waals surface area contributed by atoms with Gasteiger partial charge >= 0.3 is 0 Å². The average molecular weight is 394 g/mol. The summed E-state index contributed by atoms with van der Waals surface area (Å²) in [6.07, 6.45) is 0. The average Bonchev–Trinajstić information content (AvgIpc) is 2.40. The number of hydrogen-bond acceptors (Lipinski definition) is 3. The van der Waals surface area contributed by atoms with Crippen LogP contribution in [0.1, 0.15) is 5.56 Å². The van der Waals surface area contributed by atoms with E-state index in [2.05, 4.69) is 20.7 Å². The normalized spacial score (nSPS) is 11.6. The highest BCUT2D eigenvalue weighted by atomic mass is 79.9. The number of anilines is 1. The maximum Gasteiger partial charge on any atom is 0.242 e. The van der Waals surface area contributed by atoms with Gasteiger partial charge in [-0.25, -0.2) is 17.5 Å². The van der Waals surface area contributed by atoms with Gasteiger partial charge in [-0.1, -0.05) is 33.6 Å². The highest BCUT2D eigenvalue weighted by Gasteiger charge is 2.17. The molecule has 0 aliphatic carbocycles. The highest BCUT2D eigenvalue weighted by Crippen LogP contribution is 2.23. The lowest BCUT2D eigenvalue weighted by Crippen LogP contribution is -2.24. The largest absolute Gasteiger partial charge is 0.398 e. The van der Waals surface area contributed by atoms with E-state index in [1.807, 2.05) is 0 Å². The van der Waals surface area contributed by atoms with Crippen molar-refractivity contribution in [1.82, 2.24) is 4.72 Å². The third kappa shape index (κ3) is 3.94. The number of nitrogens with one attached hydrogen (secondary N) is 1. The second kappa shape index (κ2) is 6.31. The summed E-state index contributed by atoms with van der Waals surface area (Å²) in [5.74, 6) is -0.555. The lowest BCUT2D eigenvalue weighted by atomic mass is 10.2. The van der Waals surface area contributed by atoms with Gasteiger partial charge in [-0.2, -0.15) is 0 Å². The molecule has 0 heterocycles. The van der Waals surface area contributed by atoms with E-state index in [0.29, 0.717) is 10.0 Å². The second-order valence-corrected chi connectivity index (χ2v) is 7.31. The van der Waals surface area contributed by atoms with Crippen molar-refractivity contribution >= 4 is 43.2 Å². The van der Waals surface area contributed by atoms with E-state index < -0.39 is 15.8 Å². The standard InChI is InChI=1S/C13H11BrClFN2O2S/c14-9-2-4-13(12(17)6-9)21(19,20)18-7-8-1-3-11(16)10(15)5-8/h1-6,18H,7,17H2. The molecule has 8 heteroatoms. The topological polar surface area (TPSA) is 72.2 Å². The second-order valence-electron chi connectivity index (χ2n) is 4.26. The van der Waals surface area contributed by atoms with E-state index >= 15 is 0 Å². The first-order valence-corrected chi connectivity index (χ1v) is 8.43. The van der Waals surface area contributed by atoms with Gasteiger partial charge in [0, 0.05) is 11.0 Å². The molecule has 0 spiro atoms. The van der Waals surface area contributed by atoms with Crippen LogP contribution in [0.4, 0.5) is 10.1 Å². The number of benzene rings is 2. The van der Waals surface area contributed by atoms with Crippen LogP contribution < -0.4 is 10.5 Å². The SMILES string of the molecule is Nc1cc(Br)ccc1S(=O)(=O)NCc1ccc(F)c(Cl)c1. The van der Waals surface area contributed by atoms with Gasteiger partial charge in [-0.15, -0.1) is 0 Å². The molecule has 2 aromatic rings. The molecule has 112 valence electrons. The zero-order chi connectivity index (χ0) is 15.6. The Morgan fingerprint density at radius 1 is 1.24 bits per heavy atom. The summed E-state index contributed by atoms with van der Waals surface area (Å²) in [5.41, 5.74) is 6.38. The summed E-state index contributed by atoms with van der Waals surface area (Å²) in [4.78, 5) is -0.0149. The van der Waals surface area contributed by atoms with E-state index in [9.17, 15) is 12.8 Å². The molecular weight excluding hydrogens is 383 g/mol. The Morgan fingerprint density at radius 3 is 2.57 bits per heavy atom. The fraction of sp³-hybridized carbons (Fsp3) is 0.0769. The van der Waals surface area contributed by atoms with Crippen LogP contribution in [0.2, 0.25) is 5.02 Å². The third-order valence-corrected chi connectivity index (χ3v) is 4.97. The first-order chi connectivity index (χ1) is 9.79. The summed E-state index contributed by atoms with van der Waals surface area (Å²) >= 11 is 8.85. The molecule has 0 radical (unpaired) electrons. The van der Waals surface area contributed by atoms with Crippen molar-refractivity contribution in [3.8, 4) is 0 Å². The molecular formula is C13H11BrClFN2O2S. The van der Waals surface area contributed by atoms with E-state index in [0.717, 1.165) is 0 Å². The molecule has 0 aliphatic rings. The minimum absolute atomic E-state index is 0.0149. The van der Waals surface area contributed by atoms with Crippen LogP contribution >= 0.6 is 27.5 Å². The lowest BCUT2D eigenvalue weighted by molar-refractivity contribution is 0.581. The molecule has 0 bridgehead atoms. The zero-order valence-electron chi connectivity index (χ0n) is 10.6. The third-order valence-electron chi connectivity index (χ3n) is 2.71. The van der Waals surface area contributed by atoms with E-state index in [4.69, 9.17) is 17.3 Å². The Hall–Kier alpha value is -1.15. The van der Waals surface area contributed by atoms with Crippen molar-refractivity contribution in [2.75, 3.05) is 5.73 Å². The molecule has 0 fully saturated rings. The number of rotatable bonds is 4. The fourth-order valence-corrected chi connectivity index (χ4v) is 3.38.